The molecule has 2 fully saturated rings. The van der Waals surface area contributed by atoms with Crippen molar-refractivity contribution in [1.82, 2.24) is 5.32 Å². The van der Waals surface area contributed by atoms with Crippen molar-refractivity contribution in [2.24, 2.45) is 5.41 Å². The van der Waals surface area contributed by atoms with Gasteiger partial charge in [-0.1, -0.05) is 61.4 Å². The highest BCUT2D eigenvalue weighted by Crippen LogP contribution is 2.51. The first kappa shape index (κ1) is 20.1. The van der Waals surface area contributed by atoms with E-state index in [-0.39, 0.29) is 12.5 Å². The van der Waals surface area contributed by atoms with Gasteiger partial charge in [-0.05, 0) is 66.2 Å². The lowest BCUT2D eigenvalue weighted by Gasteiger charge is -2.42. The number of ether oxygens (including phenoxy) is 1. The van der Waals surface area contributed by atoms with Gasteiger partial charge in [0, 0.05) is 5.92 Å². The number of carboxylic acid groups (broad SMARTS) is 1. The summed E-state index contributed by atoms with van der Waals surface area (Å²) in [6.07, 6.45) is 6.90. The van der Waals surface area contributed by atoms with Crippen LogP contribution < -0.4 is 5.32 Å². The first-order chi connectivity index (χ1) is 15.0. The molecule has 0 unspecified atom stereocenters. The summed E-state index contributed by atoms with van der Waals surface area (Å²) >= 11 is 0. The maximum Gasteiger partial charge on any atom is 0.408 e. The Morgan fingerprint density at radius 2 is 1.42 bits per heavy atom. The average Bonchev–Trinajstić information content (AvgIpc) is 3.37. The molecule has 162 valence electrons. The first-order valence-electron chi connectivity index (χ1n) is 11.4. The minimum Gasteiger partial charge on any atom is -0.480 e. The van der Waals surface area contributed by atoms with Crippen molar-refractivity contribution >= 4 is 12.1 Å². The van der Waals surface area contributed by atoms with E-state index in [9.17, 15) is 14.7 Å². The molecule has 2 N–H and O–H groups in total. The highest BCUT2D eigenvalue weighted by atomic mass is 16.5. The quantitative estimate of drug-likeness (QED) is 0.688. The molecule has 1 amide bonds. The predicted molar refractivity (Wildman–Crippen MR) is 118 cm³/mol. The van der Waals surface area contributed by atoms with Gasteiger partial charge < -0.3 is 15.2 Å². The van der Waals surface area contributed by atoms with Crippen molar-refractivity contribution in [1.29, 1.82) is 0 Å². The molecule has 5 rings (SSSR count). The number of benzene rings is 2. The van der Waals surface area contributed by atoms with Crippen molar-refractivity contribution in [2.75, 3.05) is 6.61 Å². The van der Waals surface area contributed by atoms with Gasteiger partial charge in [0.25, 0.3) is 0 Å². The zero-order valence-corrected chi connectivity index (χ0v) is 17.7. The second-order valence-electron chi connectivity index (χ2n) is 9.54. The first-order valence-corrected chi connectivity index (χ1v) is 11.4. The molecule has 1 spiro atoms. The Hall–Kier alpha value is -2.82. The van der Waals surface area contributed by atoms with E-state index in [2.05, 4.69) is 29.6 Å². The molecule has 0 atom stereocenters. The smallest absolute Gasteiger partial charge is 0.408 e. The Morgan fingerprint density at radius 1 is 0.871 bits per heavy atom. The molecule has 0 radical (unpaired) electrons. The summed E-state index contributed by atoms with van der Waals surface area (Å²) in [5, 5.41) is 12.7. The Labute approximate surface area is 182 Å². The van der Waals surface area contributed by atoms with Crippen LogP contribution in [0.3, 0.4) is 0 Å². The van der Waals surface area contributed by atoms with Crippen LogP contribution in [0.5, 0.6) is 0 Å². The fourth-order valence-electron chi connectivity index (χ4n) is 6.05. The molecule has 3 aliphatic carbocycles. The Morgan fingerprint density at radius 3 is 1.97 bits per heavy atom. The van der Waals surface area contributed by atoms with Crippen LogP contribution in [-0.2, 0) is 9.53 Å². The third-order valence-corrected chi connectivity index (χ3v) is 7.92. The van der Waals surface area contributed by atoms with E-state index < -0.39 is 17.6 Å². The van der Waals surface area contributed by atoms with Gasteiger partial charge in [-0.15, -0.1) is 0 Å². The third kappa shape index (κ3) is 3.50. The number of aliphatic carboxylic acids is 1. The van der Waals surface area contributed by atoms with Gasteiger partial charge >= 0.3 is 12.1 Å². The number of alkyl carbamates (subject to hydrolysis) is 1. The van der Waals surface area contributed by atoms with Crippen molar-refractivity contribution in [3.63, 3.8) is 0 Å². The maximum atomic E-state index is 12.7. The summed E-state index contributed by atoms with van der Waals surface area (Å²) in [6.45, 7) is 0.194. The molecule has 0 heterocycles. The summed E-state index contributed by atoms with van der Waals surface area (Å²) in [6, 6.07) is 16.4. The second-order valence-corrected chi connectivity index (χ2v) is 9.54. The predicted octanol–water partition coefficient (Wildman–Crippen LogP) is 5.48. The molecule has 5 nitrogen and oxygen atoms in total. The number of carbonyl (C=O) groups excluding carboxylic acids is 1. The van der Waals surface area contributed by atoms with E-state index >= 15 is 0 Å². The molecule has 0 bridgehead atoms. The van der Waals surface area contributed by atoms with Crippen molar-refractivity contribution in [2.45, 2.75) is 62.8 Å². The Kier molecular flexibility index (Phi) is 4.99. The number of hydrogen-bond acceptors (Lipinski definition) is 3. The molecule has 5 heteroatoms. The molecular formula is C26H29NO4. The minimum atomic E-state index is -1.21. The normalized spacial score (nSPS) is 20.8. The highest BCUT2D eigenvalue weighted by Gasteiger charge is 2.49. The summed E-state index contributed by atoms with van der Waals surface area (Å²) < 4.78 is 5.62. The Balaban J connectivity index is 1.27. The Bertz CT molecular complexity index is 952. The van der Waals surface area contributed by atoms with Crippen LogP contribution in [0, 0.1) is 5.41 Å². The van der Waals surface area contributed by atoms with Gasteiger partial charge in [0.2, 0.25) is 0 Å². The highest BCUT2D eigenvalue weighted by molar-refractivity contribution is 5.84. The molecule has 0 aromatic heterocycles. The monoisotopic (exact) mass is 419 g/mol. The van der Waals surface area contributed by atoms with E-state index in [4.69, 9.17) is 4.74 Å². The summed E-state index contributed by atoms with van der Waals surface area (Å²) in [4.78, 5) is 24.9. The topological polar surface area (TPSA) is 75.6 Å². The largest absolute Gasteiger partial charge is 0.480 e. The van der Waals surface area contributed by atoms with Crippen LogP contribution in [0.4, 0.5) is 4.79 Å². The molecule has 2 saturated carbocycles. The van der Waals surface area contributed by atoms with Crippen LogP contribution in [0.2, 0.25) is 0 Å². The van der Waals surface area contributed by atoms with Crippen LogP contribution in [-0.4, -0.2) is 29.3 Å². The molecule has 2 aromatic rings. The van der Waals surface area contributed by atoms with Crippen LogP contribution in [0.1, 0.15) is 68.4 Å². The van der Waals surface area contributed by atoms with Gasteiger partial charge in [-0.25, -0.2) is 9.59 Å². The summed E-state index contributed by atoms with van der Waals surface area (Å²) in [5.41, 5.74) is 3.71. The number of hydrogen-bond donors (Lipinski definition) is 2. The van der Waals surface area contributed by atoms with Crippen LogP contribution in [0.25, 0.3) is 11.1 Å². The lowest BCUT2D eigenvalue weighted by Crippen LogP contribution is -2.57. The standard InChI is InChI=1S/C26H29NO4/c28-23(29)26(15-13-25(14-16-26)11-5-6-12-25)27-24(30)31-17-22-20-9-3-1-7-18(20)19-8-2-4-10-21(19)22/h1-4,7-10,22H,5-6,11-17H2,(H,27,30)(H,28,29). The van der Waals surface area contributed by atoms with Crippen molar-refractivity contribution in [3.8, 4) is 11.1 Å². The summed E-state index contributed by atoms with van der Waals surface area (Å²) in [5.74, 6) is -0.985. The minimum absolute atomic E-state index is 0.0351. The van der Waals surface area contributed by atoms with E-state index in [0.717, 1.165) is 24.0 Å². The third-order valence-electron chi connectivity index (χ3n) is 7.92. The molecule has 0 saturated heterocycles. The van der Waals surface area contributed by atoms with Crippen molar-refractivity contribution < 1.29 is 19.4 Å². The van der Waals surface area contributed by atoms with Crippen LogP contribution in [0.15, 0.2) is 48.5 Å². The molecular weight excluding hydrogens is 390 g/mol. The maximum absolute atomic E-state index is 12.7. The number of carbonyl (C=O) groups is 2. The van der Waals surface area contributed by atoms with Gasteiger partial charge in [0.05, 0.1) is 0 Å². The van der Waals surface area contributed by atoms with Gasteiger partial charge in [0.1, 0.15) is 12.1 Å². The number of rotatable bonds is 4. The van der Waals surface area contributed by atoms with Gasteiger partial charge in [-0.2, -0.15) is 0 Å². The zero-order valence-electron chi connectivity index (χ0n) is 17.7. The molecule has 0 aliphatic heterocycles. The second kappa shape index (κ2) is 7.70. The lowest BCUT2D eigenvalue weighted by atomic mass is 9.66. The van der Waals surface area contributed by atoms with Crippen LogP contribution >= 0.6 is 0 Å². The fourth-order valence-corrected chi connectivity index (χ4v) is 6.05. The number of carboxylic acids is 1. The number of fused-ring (bicyclic) bond motifs is 3. The van der Waals surface area contributed by atoms with E-state index in [1.54, 1.807) is 0 Å². The SMILES string of the molecule is O=C(NC1(C(=O)O)CCC2(CCCC2)CC1)OCC1c2ccccc2-c2ccccc21. The number of nitrogens with one attached hydrogen (secondary N) is 1. The van der Waals surface area contributed by atoms with Crippen molar-refractivity contribution in [3.05, 3.63) is 59.7 Å². The average molecular weight is 420 g/mol. The van der Waals surface area contributed by atoms with E-state index in [0.29, 0.717) is 18.3 Å². The van der Waals surface area contributed by atoms with Gasteiger partial charge in [0.15, 0.2) is 0 Å². The van der Waals surface area contributed by atoms with E-state index in [1.165, 1.54) is 36.8 Å². The van der Waals surface area contributed by atoms with E-state index in [1.807, 2.05) is 24.3 Å². The number of amides is 1. The molecule has 2 aromatic carbocycles. The molecule has 3 aliphatic rings. The summed E-state index contributed by atoms with van der Waals surface area (Å²) in [7, 11) is 0. The zero-order chi connectivity index (χ0) is 21.5. The molecule has 31 heavy (non-hydrogen) atoms. The van der Waals surface area contributed by atoms with Gasteiger partial charge in [-0.3, -0.25) is 0 Å². The fraction of sp³-hybridized carbons (Fsp3) is 0.462. The lowest BCUT2D eigenvalue weighted by molar-refractivity contribution is -0.147.